The summed E-state index contributed by atoms with van der Waals surface area (Å²) in [5, 5.41) is 4.95. The normalized spacial score (nSPS) is 21.6. The SMILES string of the molecule is CCNC(=O)C(=O)N1CCC2(COc3c(cn(C)c3C(=O)Nc3ccc(F)c(F)c3)[S+]([O-])N2)C1. The van der Waals surface area contributed by atoms with Crippen molar-refractivity contribution in [2.45, 2.75) is 23.8 Å². The molecular weight excluding hydrogens is 472 g/mol. The Morgan fingerprint density at radius 3 is 2.76 bits per heavy atom. The molecule has 2 aliphatic heterocycles. The van der Waals surface area contributed by atoms with E-state index in [1.165, 1.54) is 21.7 Å². The number of nitrogens with one attached hydrogen (secondary N) is 3. The van der Waals surface area contributed by atoms with Crippen LogP contribution in [0.1, 0.15) is 23.8 Å². The van der Waals surface area contributed by atoms with Crippen molar-refractivity contribution in [3.05, 3.63) is 41.7 Å². The van der Waals surface area contributed by atoms with Gasteiger partial charge in [0.15, 0.2) is 17.3 Å². The molecule has 3 heterocycles. The summed E-state index contributed by atoms with van der Waals surface area (Å²) in [5.41, 5.74) is -0.801. The first kappa shape index (κ1) is 24.0. The number of benzene rings is 1. The first-order valence-corrected chi connectivity index (χ1v) is 11.6. The van der Waals surface area contributed by atoms with Gasteiger partial charge in [-0.15, -0.1) is 4.72 Å². The van der Waals surface area contributed by atoms with E-state index in [4.69, 9.17) is 4.74 Å². The predicted octanol–water partition coefficient (Wildman–Crippen LogP) is 0.667. The van der Waals surface area contributed by atoms with Gasteiger partial charge in [0, 0.05) is 38.4 Å². The maximum atomic E-state index is 13.5. The minimum absolute atomic E-state index is 0.0135. The number of nitrogens with zero attached hydrogens (tertiary/aromatic N) is 2. The second-order valence-electron chi connectivity index (χ2n) is 8.14. The van der Waals surface area contributed by atoms with Crippen LogP contribution in [0.3, 0.4) is 0 Å². The second-order valence-corrected chi connectivity index (χ2v) is 9.32. The van der Waals surface area contributed by atoms with Crippen LogP contribution in [0, 0.1) is 11.6 Å². The van der Waals surface area contributed by atoms with Gasteiger partial charge in [0.1, 0.15) is 12.1 Å². The fourth-order valence-electron chi connectivity index (χ4n) is 3.99. The Balaban J connectivity index is 1.53. The van der Waals surface area contributed by atoms with E-state index < -0.39 is 46.3 Å². The summed E-state index contributed by atoms with van der Waals surface area (Å²) >= 11 is -1.79. The number of ether oxygens (including phenoxy) is 1. The molecule has 3 amide bonds. The molecule has 1 saturated heterocycles. The molecular formula is C21H23F2N5O5S. The van der Waals surface area contributed by atoms with Crippen LogP contribution in [0.4, 0.5) is 14.5 Å². The molecule has 4 rings (SSSR count). The van der Waals surface area contributed by atoms with Crippen LogP contribution in [0.15, 0.2) is 29.3 Å². The molecule has 2 aliphatic rings. The van der Waals surface area contributed by atoms with Crippen LogP contribution in [-0.2, 0) is 28.0 Å². The van der Waals surface area contributed by atoms with Gasteiger partial charge in [-0.05, 0) is 25.5 Å². The van der Waals surface area contributed by atoms with E-state index in [-0.39, 0.29) is 41.7 Å². The lowest BCUT2D eigenvalue weighted by Crippen LogP contribution is -2.54. The highest BCUT2D eigenvalue weighted by Gasteiger charge is 2.49. The van der Waals surface area contributed by atoms with E-state index in [0.29, 0.717) is 13.0 Å². The summed E-state index contributed by atoms with van der Waals surface area (Å²) < 4.78 is 50.2. The quantitative estimate of drug-likeness (QED) is 0.424. The Morgan fingerprint density at radius 2 is 2.06 bits per heavy atom. The third-order valence-electron chi connectivity index (χ3n) is 5.67. The third-order valence-corrected chi connectivity index (χ3v) is 6.98. The first-order chi connectivity index (χ1) is 16.1. The number of aromatic nitrogens is 1. The number of aryl methyl sites for hydroxylation is 1. The lowest BCUT2D eigenvalue weighted by molar-refractivity contribution is -0.145. The Bertz CT molecular complexity index is 1160. The molecule has 34 heavy (non-hydrogen) atoms. The molecule has 0 saturated carbocycles. The highest BCUT2D eigenvalue weighted by molar-refractivity contribution is 7.89. The maximum Gasteiger partial charge on any atom is 0.311 e. The highest BCUT2D eigenvalue weighted by Crippen LogP contribution is 2.37. The molecule has 1 spiro atoms. The minimum Gasteiger partial charge on any atom is -0.593 e. The van der Waals surface area contributed by atoms with Crippen LogP contribution >= 0.6 is 0 Å². The molecule has 0 aliphatic carbocycles. The van der Waals surface area contributed by atoms with Crippen LogP contribution in [0.5, 0.6) is 5.75 Å². The Hall–Kier alpha value is -3.16. The molecule has 2 aromatic rings. The van der Waals surface area contributed by atoms with Gasteiger partial charge in [-0.25, -0.2) is 8.78 Å². The summed E-state index contributed by atoms with van der Waals surface area (Å²) in [7, 11) is 1.56. The van der Waals surface area contributed by atoms with Gasteiger partial charge in [-0.2, -0.15) is 0 Å². The van der Waals surface area contributed by atoms with Gasteiger partial charge >= 0.3 is 11.8 Å². The molecule has 1 aromatic heterocycles. The zero-order valence-electron chi connectivity index (χ0n) is 18.4. The van der Waals surface area contributed by atoms with E-state index >= 15 is 0 Å². The number of rotatable bonds is 3. The van der Waals surface area contributed by atoms with Crippen molar-refractivity contribution in [1.29, 1.82) is 0 Å². The summed E-state index contributed by atoms with van der Waals surface area (Å²) in [6, 6.07) is 2.96. The molecule has 1 aromatic carbocycles. The number of amides is 3. The van der Waals surface area contributed by atoms with Crippen molar-refractivity contribution in [3.63, 3.8) is 0 Å². The molecule has 3 N–H and O–H groups in total. The van der Waals surface area contributed by atoms with Crippen molar-refractivity contribution in [2.75, 3.05) is 31.6 Å². The highest BCUT2D eigenvalue weighted by atomic mass is 32.2. The smallest absolute Gasteiger partial charge is 0.311 e. The summed E-state index contributed by atoms with van der Waals surface area (Å²) in [6.07, 6.45) is 1.86. The van der Waals surface area contributed by atoms with Crippen LogP contribution in [0.25, 0.3) is 0 Å². The number of hydrogen-bond donors (Lipinski definition) is 3. The number of anilines is 1. The number of fused-ring (bicyclic) bond motifs is 1. The van der Waals surface area contributed by atoms with Crippen molar-refractivity contribution in [1.82, 2.24) is 19.5 Å². The Labute approximate surface area is 196 Å². The molecule has 2 unspecified atom stereocenters. The number of carbonyl (C=O) groups is 3. The largest absolute Gasteiger partial charge is 0.593 e. The average Bonchev–Trinajstić information content (AvgIpc) is 3.32. The number of carbonyl (C=O) groups excluding carboxylic acids is 3. The van der Waals surface area contributed by atoms with E-state index in [2.05, 4.69) is 15.4 Å². The monoisotopic (exact) mass is 495 g/mol. The minimum atomic E-state index is -1.79. The first-order valence-electron chi connectivity index (χ1n) is 10.5. The van der Waals surface area contributed by atoms with E-state index in [9.17, 15) is 27.7 Å². The Kier molecular flexibility index (Phi) is 6.51. The molecule has 182 valence electrons. The van der Waals surface area contributed by atoms with Crippen LogP contribution < -0.4 is 20.1 Å². The van der Waals surface area contributed by atoms with Crippen LogP contribution in [0.2, 0.25) is 0 Å². The molecule has 1 fully saturated rings. The summed E-state index contributed by atoms with van der Waals surface area (Å²) in [6.45, 7) is 2.38. The number of likely N-dealkylation sites (tertiary alicyclic amines) is 1. The fraction of sp³-hybridized carbons (Fsp3) is 0.381. The van der Waals surface area contributed by atoms with Gasteiger partial charge in [-0.3, -0.25) is 14.4 Å². The van der Waals surface area contributed by atoms with Gasteiger partial charge < -0.3 is 29.4 Å². The van der Waals surface area contributed by atoms with Crippen LogP contribution in [-0.4, -0.2) is 63.5 Å². The molecule has 13 heteroatoms. The van der Waals surface area contributed by atoms with E-state index in [1.54, 1.807) is 14.0 Å². The second kappa shape index (κ2) is 9.24. The average molecular weight is 496 g/mol. The zero-order valence-corrected chi connectivity index (χ0v) is 19.3. The number of hydrogen-bond acceptors (Lipinski definition) is 6. The summed E-state index contributed by atoms with van der Waals surface area (Å²) in [4.78, 5) is 38.8. The van der Waals surface area contributed by atoms with Gasteiger partial charge in [-0.1, -0.05) is 0 Å². The molecule has 2 atom stereocenters. The van der Waals surface area contributed by atoms with Crippen molar-refractivity contribution < 1.29 is 32.5 Å². The molecule has 0 radical (unpaired) electrons. The maximum absolute atomic E-state index is 13.5. The van der Waals surface area contributed by atoms with Gasteiger partial charge in [0.2, 0.25) is 10.6 Å². The molecule has 10 nitrogen and oxygen atoms in total. The zero-order chi connectivity index (χ0) is 24.6. The number of likely N-dealkylation sites (N-methyl/N-ethyl adjacent to an activating group) is 1. The van der Waals surface area contributed by atoms with Gasteiger partial charge in [0.05, 0.1) is 17.6 Å². The fourth-order valence-corrected chi connectivity index (χ4v) is 5.30. The van der Waals surface area contributed by atoms with Gasteiger partial charge in [0.25, 0.3) is 5.91 Å². The number of halogens is 2. The predicted molar refractivity (Wildman–Crippen MR) is 117 cm³/mol. The van der Waals surface area contributed by atoms with Crippen molar-refractivity contribution in [2.24, 2.45) is 7.05 Å². The Morgan fingerprint density at radius 1 is 1.29 bits per heavy atom. The topological polar surface area (TPSA) is 128 Å². The van der Waals surface area contributed by atoms with Crippen molar-refractivity contribution in [3.8, 4) is 5.75 Å². The molecule has 0 bridgehead atoms. The van der Waals surface area contributed by atoms with E-state index in [0.717, 1.165) is 12.1 Å². The van der Waals surface area contributed by atoms with E-state index in [1.807, 2.05) is 0 Å². The lowest BCUT2D eigenvalue weighted by Gasteiger charge is -2.26. The third kappa shape index (κ3) is 4.45. The standard InChI is InChI=1S/C21H23F2N5O5S/c1-3-24-19(30)20(31)28-7-6-21(10-28)11-33-17-15(34(32)26-21)9-27(2)16(17)18(29)25-12-4-5-13(22)14(23)8-12/h4-5,8-9,26H,3,6-7,10-11H2,1-2H3,(H,24,30)(H,25,29). The lowest BCUT2D eigenvalue weighted by atomic mass is 10.0. The summed E-state index contributed by atoms with van der Waals surface area (Å²) in [5.74, 6) is -4.13. The van der Waals surface area contributed by atoms with Crippen molar-refractivity contribution >= 4 is 34.8 Å².